The lowest BCUT2D eigenvalue weighted by molar-refractivity contribution is 0.580. The van der Waals surface area contributed by atoms with Crippen LogP contribution in [0, 0.1) is 17.6 Å². The Morgan fingerprint density at radius 2 is 1.95 bits per heavy atom. The molecule has 2 nitrogen and oxygen atoms in total. The van der Waals surface area contributed by atoms with E-state index < -0.39 is 11.6 Å². The van der Waals surface area contributed by atoms with E-state index in [9.17, 15) is 8.78 Å². The number of hydrogen-bond acceptors (Lipinski definition) is 2. The monoisotopic (exact) mass is 262 g/mol. The summed E-state index contributed by atoms with van der Waals surface area (Å²) in [5, 5.41) is 6.36. The van der Waals surface area contributed by atoms with E-state index in [0.29, 0.717) is 11.5 Å². The van der Waals surface area contributed by atoms with Crippen molar-refractivity contribution in [2.24, 2.45) is 5.92 Å². The van der Waals surface area contributed by atoms with Crippen LogP contribution in [0.4, 0.5) is 8.78 Å². The molecule has 0 saturated heterocycles. The highest BCUT2D eigenvalue weighted by Gasteiger charge is 2.23. The van der Waals surface area contributed by atoms with Gasteiger partial charge in [-0.2, -0.15) is 0 Å². The van der Waals surface area contributed by atoms with Gasteiger partial charge in [0, 0.05) is 18.0 Å². The quantitative estimate of drug-likeness (QED) is 0.874. The smallest absolute Gasteiger partial charge is 0.126 e. The molecule has 1 atom stereocenters. The Balaban J connectivity index is 1.82. The molecule has 3 rings (SSSR count). The number of rotatable bonds is 3. The molecule has 4 heteroatoms. The molecule has 1 aromatic rings. The lowest BCUT2D eigenvalue weighted by Gasteiger charge is -2.16. The minimum Gasteiger partial charge on any atom is -0.372 e. The second-order valence-electron chi connectivity index (χ2n) is 5.02. The number of hydrogen-bond donors (Lipinski definition) is 2. The van der Waals surface area contributed by atoms with E-state index in [4.69, 9.17) is 0 Å². The van der Waals surface area contributed by atoms with Crippen molar-refractivity contribution in [2.75, 3.05) is 6.67 Å². The Morgan fingerprint density at radius 1 is 1.16 bits per heavy atom. The Morgan fingerprint density at radius 3 is 2.63 bits per heavy atom. The summed E-state index contributed by atoms with van der Waals surface area (Å²) in [6.45, 7) is 0.760. The minimum absolute atomic E-state index is 0.333. The third-order valence-electron chi connectivity index (χ3n) is 3.68. The van der Waals surface area contributed by atoms with Crippen molar-refractivity contribution in [1.29, 1.82) is 0 Å². The van der Waals surface area contributed by atoms with Gasteiger partial charge in [0.15, 0.2) is 0 Å². The normalized spacial score (nSPS) is 21.7. The highest BCUT2D eigenvalue weighted by Crippen LogP contribution is 2.37. The molecule has 100 valence electrons. The Labute approximate surface area is 111 Å². The molecule has 0 bridgehead atoms. The van der Waals surface area contributed by atoms with E-state index in [0.717, 1.165) is 43.3 Å². The molecule has 1 heterocycles. The molecule has 1 aliphatic carbocycles. The summed E-state index contributed by atoms with van der Waals surface area (Å²) in [6.07, 6.45) is 6.96. The van der Waals surface area contributed by atoms with E-state index in [1.165, 1.54) is 12.1 Å². The summed E-state index contributed by atoms with van der Waals surface area (Å²) >= 11 is 0. The van der Waals surface area contributed by atoms with Crippen molar-refractivity contribution >= 4 is 5.57 Å². The van der Waals surface area contributed by atoms with Gasteiger partial charge in [0.05, 0.1) is 6.67 Å². The van der Waals surface area contributed by atoms with Gasteiger partial charge in [0.2, 0.25) is 0 Å². The zero-order valence-electron chi connectivity index (χ0n) is 10.5. The van der Waals surface area contributed by atoms with Gasteiger partial charge in [0.1, 0.15) is 11.6 Å². The van der Waals surface area contributed by atoms with E-state index in [1.54, 1.807) is 0 Å². The van der Waals surface area contributed by atoms with Crippen LogP contribution in [0.5, 0.6) is 0 Å². The predicted octanol–water partition coefficient (Wildman–Crippen LogP) is 3.14. The van der Waals surface area contributed by atoms with Crippen LogP contribution in [-0.2, 0) is 0 Å². The van der Waals surface area contributed by atoms with E-state index >= 15 is 0 Å². The SMILES string of the molecule is Fc1cc(F)cc(C2=CCC[C@@H]2CC2=CNCN2)c1. The number of halogens is 2. The van der Waals surface area contributed by atoms with E-state index in [2.05, 4.69) is 16.7 Å². The Bertz CT molecular complexity index is 529. The van der Waals surface area contributed by atoms with Gasteiger partial charge in [-0.15, -0.1) is 0 Å². The second-order valence-corrected chi connectivity index (χ2v) is 5.02. The van der Waals surface area contributed by atoms with Gasteiger partial charge in [-0.3, -0.25) is 0 Å². The molecular weight excluding hydrogens is 246 g/mol. The molecule has 2 N–H and O–H groups in total. The summed E-state index contributed by atoms with van der Waals surface area (Å²) in [7, 11) is 0. The molecule has 0 amide bonds. The van der Waals surface area contributed by atoms with Crippen molar-refractivity contribution in [3.63, 3.8) is 0 Å². The van der Waals surface area contributed by atoms with Crippen molar-refractivity contribution in [3.05, 3.63) is 53.4 Å². The minimum atomic E-state index is -0.513. The molecule has 0 unspecified atom stereocenters. The first kappa shape index (κ1) is 12.2. The van der Waals surface area contributed by atoms with Crippen molar-refractivity contribution in [1.82, 2.24) is 10.6 Å². The zero-order valence-corrected chi connectivity index (χ0v) is 10.5. The predicted molar refractivity (Wildman–Crippen MR) is 70.9 cm³/mol. The summed E-state index contributed by atoms with van der Waals surface area (Å²) in [5.74, 6) is -0.692. The van der Waals surface area contributed by atoms with E-state index in [1.807, 2.05) is 6.20 Å². The molecule has 2 aliphatic rings. The van der Waals surface area contributed by atoms with E-state index in [-0.39, 0.29) is 0 Å². The number of allylic oxidation sites excluding steroid dienone is 3. The molecule has 19 heavy (non-hydrogen) atoms. The van der Waals surface area contributed by atoms with Crippen LogP contribution in [0.25, 0.3) is 5.57 Å². The van der Waals surface area contributed by atoms with Crippen molar-refractivity contribution in [3.8, 4) is 0 Å². The molecule has 0 aromatic heterocycles. The van der Waals surface area contributed by atoms with Gasteiger partial charge in [-0.1, -0.05) is 6.08 Å². The zero-order chi connectivity index (χ0) is 13.2. The Hall–Kier alpha value is -1.84. The first-order chi connectivity index (χ1) is 9.22. The third-order valence-corrected chi connectivity index (χ3v) is 3.68. The van der Waals surface area contributed by atoms with Crippen molar-refractivity contribution in [2.45, 2.75) is 19.3 Å². The average molecular weight is 262 g/mol. The molecule has 1 aliphatic heterocycles. The van der Waals surface area contributed by atoms with Crippen LogP contribution in [-0.4, -0.2) is 6.67 Å². The first-order valence-corrected chi connectivity index (χ1v) is 6.55. The average Bonchev–Trinajstić information content (AvgIpc) is 2.99. The van der Waals surface area contributed by atoms with Crippen LogP contribution in [0.15, 0.2) is 36.2 Å². The molecule has 0 spiro atoms. The van der Waals surface area contributed by atoms with Gasteiger partial charge in [-0.25, -0.2) is 8.78 Å². The highest BCUT2D eigenvalue weighted by atomic mass is 19.1. The second kappa shape index (κ2) is 5.03. The molecule has 1 aromatic carbocycles. The van der Waals surface area contributed by atoms with Crippen molar-refractivity contribution < 1.29 is 8.78 Å². The van der Waals surface area contributed by atoms with Gasteiger partial charge in [-0.05, 0) is 48.4 Å². The van der Waals surface area contributed by atoms with Crippen LogP contribution in [0.3, 0.4) is 0 Å². The van der Waals surface area contributed by atoms with Crippen LogP contribution in [0.2, 0.25) is 0 Å². The van der Waals surface area contributed by atoms with Gasteiger partial charge >= 0.3 is 0 Å². The van der Waals surface area contributed by atoms with Crippen LogP contribution in [0.1, 0.15) is 24.8 Å². The topological polar surface area (TPSA) is 24.1 Å². The fourth-order valence-electron chi connectivity index (χ4n) is 2.83. The summed E-state index contributed by atoms with van der Waals surface area (Å²) < 4.78 is 26.6. The maximum Gasteiger partial charge on any atom is 0.126 e. The largest absolute Gasteiger partial charge is 0.372 e. The lowest BCUT2D eigenvalue weighted by atomic mass is 9.91. The molecular formula is C15H16F2N2. The highest BCUT2D eigenvalue weighted by molar-refractivity contribution is 5.69. The number of benzene rings is 1. The molecule has 0 saturated carbocycles. The van der Waals surface area contributed by atoms with Crippen LogP contribution >= 0.6 is 0 Å². The van der Waals surface area contributed by atoms with Crippen LogP contribution < -0.4 is 10.6 Å². The first-order valence-electron chi connectivity index (χ1n) is 6.55. The molecule has 0 fully saturated rings. The summed E-state index contributed by atoms with van der Waals surface area (Å²) in [5.41, 5.74) is 2.90. The third kappa shape index (κ3) is 2.62. The lowest BCUT2D eigenvalue weighted by Crippen LogP contribution is -2.15. The fourth-order valence-corrected chi connectivity index (χ4v) is 2.83. The van der Waals surface area contributed by atoms with Gasteiger partial charge in [0.25, 0.3) is 0 Å². The summed E-state index contributed by atoms with van der Waals surface area (Å²) in [6, 6.07) is 3.75. The maximum atomic E-state index is 13.3. The Kier molecular flexibility index (Phi) is 3.23. The number of nitrogens with one attached hydrogen (secondary N) is 2. The molecule has 0 radical (unpaired) electrons. The maximum absolute atomic E-state index is 13.3. The summed E-state index contributed by atoms with van der Waals surface area (Å²) in [4.78, 5) is 0. The van der Waals surface area contributed by atoms with Gasteiger partial charge < -0.3 is 10.6 Å². The fraction of sp³-hybridized carbons (Fsp3) is 0.333. The standard InChI is InChI=1S/C15H16F2N2/c16-12-4-11(5-13(17)7-12)15-3-1-2-10(15)6-14-8-18-9-19-14/h3-5,7-8,10,18-19H,1-2,6,9H2/t10-/m1/s1.